The molecular formula is C20H18ClN3O3S. The van der Waals surface area contributed by atoms with Crippen molar-refractivity contribution in [3.05, 3.63) is 64.0 Å². The van der Waals surface area contributed by atoms with Crippen molar-refractivity contribution in [3.8, 4) is 5.75 Å². The van der Waals surface area contributed by atoms with Crippen molar-refractivity contribution < 1.29 is 14.3 Å². The maximum Gasteiger partial charge on any atom is 0.263 e. The van der Waals surface area contributed by atoms with Crippen LogP contribution < -0.4 is 15.5 Å². The molecule has 0 spiro atoms. The van der Waals surface area contributed by atoms with E-state index < -0.39 is 11.8 Å². The predicted molar refractivity (Wildman–Crippen MR) is 113 cm³/mol. The zero-order valence-electron chi connectivity index (χ0n) is 15.1. The number of hydrazone groups is 1. The first-order valence-corrected chi connectivity index (χ1v) is 9.78. The van der Waals surface area contributed by atoms with Gasteiger partial charge in [0.2, 0.25) is 0 Å². The number of nitrogens with one attached hydrogen (secondary N) is 2. The van der Waals surface area contributed by atoms with Gasteiger partial charge in [-0.15, -0.1) is 11.3 Å². The van der Waals surface area contributed by atoms with Crippen molar-refractivity contribution in [1.82, 2.24) is 10.7 Å². The molecule has 28 heavy (non-hydrogen) atoms. The molecule has 3 aromatic rings. The average molecular weight is 416 g/mol. The number of nitrogens with zero attached hydrogens (tertiary/aromatic N) is 1. The van der Waals surface area contributed by atoms with Gasteiger partial charge in [0.1, 0.15) is 10.6 Å². The highest BCUT2D eigenvalue weighted by Crippen LogP contribution is 2.34. The van der Waals surface area contributed by atoms with E-state index in [0.29, 0.717) is 16.5 Å². The van der Waals surface area contributed by atoms with Gasteiger partial charge in [-0.2, -0.15) is 5.10 Å². The molecule has 0 aliphatic heterocycles. The van der Waals surface area contributed by atoms with Crippen LogP contribution in [-0.4, -0.2) is 31.2 Å². The third-order valence-electron chi connectivity index (χ3n) is 3.74. The summed E-state index contributed by atoms with van der Waals surface area (Å²) >= 11 is 7.55. The number of benzene rings is 2. The van der Waals surface area contributed by atoms with Gasteiger partial charge < -0.3 is 10.1 Å². The lowest BCUT2D eigenvalue weighted by Gasteiger charge is -2.03. The Morgan fingerprint density at radius 1 is 1.18 bits per heavy atom. The summed E-state index contributed by atoms with van der Waals surface area (Å²) in [6.07, 6.45) is 1.51. The van der Waals surface area contributed by atoms with Gasteiger partial charge in [0.05, 0.1) is 24.4 Å². The standard InChI is InChI=1S/C20H18ClN3O3S/c1-2-27-14-9-7-13(8-10-14)11-23-24-17(25)12-22-20(26)19-18(21)15-5-3-4-6-16(15)28-19/h3-11H,2,12H2,1H3,(H,22,26)(H,24,25). The Kier molecular flexibility index (Phi) is 6.62. The Morgan fingerprint density at radius 3 is 2.64 bits per heavy atom. The van der Waals surface area contributed by atoms with Gasteiger partial charge in [0.15, 0.2) is 0 Å². The van der Waals surface area contributed by atoms with Crippen LogP contribution in [0, 0.1) is 0 Å². The van der Waals surface area contributed by atoms with E-state index in [1.807, 2.05) is 55.5 Å². The molecule has 0 fully saturated rings. The van der Waals surface area contributed by atoms with Gasteiger partial charge in [0, 0.05) is 10.1 Å². The number of amides is 2. The summed E-state index contributed by atoms with van der Waals surface area (Å²) < 4.78 is 6.28. The van der Waals surface area contributed by atoms with E-state index in [9.17, 15) is 9.59 Å². The zero-order chi connectivity index (χ0) is 19.9. The van der Waals surface area contributed by atoms with Crippen molar-refractivity contribution in [2.45, 2.75) is 6.92 Å². The smallest absolute Gasteiger partial charge is 0.263 e. The molecular weight excluding hydrogens is 398 g/mol. The number of carbonyl (C=O) groups is 2. The number of carbonyl (C=O) groups excluding carboxylic acids is 2. The van der Waals surface area contributed by atoms with E-state index in [4.69, 9.17) is 16.3 Å². The predicted octanol–water partition coefficient (Wildman–Crippen LogP) is 3.83. The van der Waals surface area contributed by atoms with Crippen molar-refractivity contribution in [3.63, 3.8) is 0 Å². The topological polar surface area (TPSA) is 79.8 Å². The molecule has 2 amide bonds. The Labute approximate surface area is 171 Å². The highest BCUT2D eigenvalue weighted by atomic mass is 35.5. The van der Waals surface area contributed by atoms with Crippen LogP contribution in [0.15, 0.2) is 53.6 Å². The van der Waals surface area contributed by atoms with Crippen molar-refractivity contribution in [2.75, 3.05) is 13.2 Å². The minimum absolute atomic E-state index is 0.204. The van der Waals surface area contributed by atoms with Crippen LogP contribution in [0.4, 0.5) is 0 Å². The number of rotatable bonds is 7. The normalized spacial score (nSPS) is 10.9. The van der Waals surface area contributed by atoms with Gasteiger partial charge >= 0.3 is 0 Å². The fraction of sp³-hybridized carbons (Fsp3) is 0.150. The fourth-order valence-electron chi connectivity index (χ4n) is 2.44. The summed E-state index contributed by atoms with van der Waals surface area (Å²) in [5.74, 6) is -0.0593. The number of fused-ring (bicyclic) bond motifs is 1. The summed E-state index contributed by atoms with van der Waals surface area (Å²) in [6, 6.07) is 14.8. The lowest BCUT2D eigenvalue weighted by atomic mass is 10.2. The highest BCUT2D eigenvalue weighted by Gasteiger charge is 2.17. The summed E-state index contributed by atoms with van der Waals surface area (Å²) in [5, 5.41) is 7.65. The Balaban J connectivity index is 1.50. The van der Waals surface area contributed by atoms with Gasteiger partial charge in [-0.05, 0) is 42.8 Å². The van der Waals surface area contributed by atoms with Crippen LogP contribution in [0.1, 0.15) is 22.2 Å². The molecule has 144 valence electrons. The summed E-state index contributed by atoms with van der Waals surface area (Å²) in [5.41, 5.74) is 3.18. The fourth-order valence-corrected chi connectivity index (χ4v) is 3.87. The molecule has 0 radical (unpaired) electrons. The number of hydrogen-bond donors (Lipinski definition) is 2. The van der Waals surface area contributed by atoms with Crippen molar-refractivity contribution in [1.29, 1.82) is 0 Å². The van der Waals surface area contributed by atoms with Gasteiger partial charge in [0.25, 0.3) is 11.8 Å². The zero-order valence-corrected chi connectivity index (χ0v) is 16.6. The van der Waals surface area contributed by atoms with Crippen LogP contribution >= 0.6 is 22.9 Å². The highest BCUT2D eigenvalue weighted by molar-refractivity contribution is 7.21. The van der Waals surface area contributed by atoms with E-state index in [2.05, 4.69) is 15.8 Å². The molecule has 0 bridgehead atoms. The largest absolute Gasteiger partial charge is 0.494 e. The monoisotopic (exact) mass is 415 g/mol. The molecule has 0 aliphatic carbocycles. The molecule has 0 saturated carbocycles. The van der Waals surface area contributed by atoms with Gasteiger partial charge in [-0.25, -0.2) is 5.43 Å². The molecule has 3 rings (SSSR count). The second-order valence-corrected chi connectivity index (χ2v) is 7.15. The van der Waals surface area contributed by atoms with E-state index in [0.717, 1.165) is 21.4 Å². The Hall–Kier alpha value is -2.90. The third-order valence-corrected chi connectivity index (χ3v) is 5.42. The molecule has 0 atom stereocenters. The van der Waals surface area contributed by atoms with Crippen LogP contribution in [0.3, 0.4) is 0 Å². The second-order valence-electron chi connectivity index (χ2n) is 5.72. The molecule has 0 saturated heterocycles. The Bertz CT molecular complexity index is 1020. The summed E-state index contributed by atoms with van der Waals surface area (Å²) in [7, 11) is 0. The number of hydrogen-bond acceptors (Lipinski definition) is 5. The molecule has 1 heterocycles. The molecule has 6 nitrogen and oxygen atoms in total. The average Bonchev–Trinajstić information content (AvgIpc) is 3.05. The maximum atomic E-state index is 12.3. The maximum absolute atomic E-state index is 12.3. The summed E-state index contributed by atoms with van der Waals surface area (Å²) in [4.78, 5) is 24.6. The van der Waals surface area contributed by atoms with Crippen LogP contribution in [-0.2, 0) is 4.79 Å². The first-order chi connectivity index (χ1) is 13.6. The van der Waals surface area contributed by atoms with Gasteiger partial charge in [-0.3, -0.25) is 9.59 Å². The number of halogens is 1. The van der Waals surface area contributed by atoms with Crippen molar-refractivity contribution in [2.24, 2.45) is 5.10 Å². The summed E-state index contributed by atoms with van der Waals surface area (Å²) in [6.45, 7) is 2.31. The van der Waals surface area contributed by atoms with Crippen molar-refractivity contribution >= 4 is 51.1 Å². The number of thiophene rings is 1. The van der Waals surface area contributed by atoms with Crippen LogP contribution in [0.5, 0.6) is 5.75 Å². The van der Waals surface area contributed by atoms with Crippen LogP contribution in [0.2, 0.25) is 5.02 Å². The molecule has 2 aromatic carbocycles. The van der Waals surface area contributed by atoms with E-state index in [-0.39, 0.29) is 6.54 Å². The molecule has 0 unspecified atom stereocenters. The Morgan fingerprint density at radius 2 is 1.93 bits per heavy atom. The third kappa shape index (κ3) is 4.88. The lowest BCUT2D eigenvalue weighted by Crippen LogP contribution is -2.34. The van der Waals surface area contributed by atoms with Crippen LogP contribution in [0.25, 0.3) is 10.1 Å². The SMILES string of the molecule is CCOc1ccc(C=NNC(=O)CNC(=O)c2sc3ccccc3c2Cl)cc1. The van der Waals surface area contributed by atoms with E-state index in [1.54, 1.807) is 0 Å². The first-order valence-electron chi connectivity index (χ1n) is 8.58. The van der Waals surface area contributed by atoms with E-state index >= 15 is 0 Å². The second kappa shape index (κ2) is 9.34. The minimum Gasteiger partial charge on any atom is -0.494 e. The number of ether oxygens (including phenoxy) is 1. The van der Waals surface area contributed by atoms with Gasteiger partial charge in [-0.1, -0.05) is 29.8 Å². The van der Waals surface area contributed by atoms with E-state index in [1.165, 1.54) is 17.6 Å². The molecule has 1 aromatic heterocycles. The molecule has 2 N–H and O–H groups in total. The first kappa shape index (κ1) is 19.9. The minimum atomic E-state index is -0.437. The lowest BCUT2D eigenvalue weighted by molar-refractivity contribution is -0.120. The molecule has 8 heteroatoms. The molecule has 0 aliphatic rings. The quantitative estimate of drug-likeness (QED) is 0.454.